The van der Waals surface area contributed by atoms with E-state index in [0.29, 0.717) is 5.92 Å². The van der Waals surface area contributed by atoms with Crippen LogP contribution in [0.3, 0.4) is 0 Å². The minimum Gasteiger partial charge on any atom is -0.369 e. The summed E-state index contributed by atoms with van der Waals surface area (Å²) in [5, 5.41) is 0. The smallest absolute Gasteiger partial charge is 0.369 e. The van der Waals surface area contributed by atoms with Crippen molar-refractivity contribution in [3.05, 3.63) is 93.6 Å². The Bertz CT molecular complexity index is 1330. The van der Waals surface area contributed by atoms with Gasteiger partial charge in [0.2, 0.25) is 5.91 Å². The van der Waals surface area contributed by atoms with Gasteiger partial charge in [0.25, 0.3) is 0 Å². The maximum absolute atomic E-state index is 13.8. The van der Waals surface area contributed by atoms with Gasteiger partial charge in [-0.1, -0.05) is 30.3 Å². The minimum atomic E-state index is -4.74. The molecule has 1 amide bonds. The van der Waals surface area contributed by atoms with Gasteiger partial charge in [-0.3, -0.25) is 4.79 Å². The van der Waals surface area contributed by atoms with Crippen LogP contribution in [0.5, 0.6) is 0 Å². The van der Waals surface area contributed by atoms with Crippen molar-refractivity contribution in [3.63, 3.8) is 0 Å². The lowest BCUT2D eigenvalue weighted by atomic mass is 9.89. The van der Waals surface area contributed by atoms with Gasteiger partial charge in [0.1, 0.15) is 5.82 Å². The van der Waals surface area contributed by atoms with Crippen LogP contribution in [0, 0.1) is 0 Å². The molecule has 3 aromatic rings. The highest BCUT2D eigenvalue weighted by Gasteiger charge is 2.35. The van der Waals surface area contributed by atoms with Crippen molar-refractivity contribution in [3.8, 4) is 0 Å². The lowest BCUT2D eigenvalue weighted by Crippen LogP contribution is -2.29. The third kappa shape index (κ3) is 7.59. The normalized spacial score (nSPS) is 15.4. The highest BCUT2D eigenvalue weighted by atomic mass is 19.4. The lowest BCUT2D eigenvalue weighted by molar-refractivity contribution is -0.139. The number of halogens is 6. The summed E-state index contributed by atoms with van der Waals surface area (Å²) in [6, 6.07) is 10.7. The van der Waals surface area contributed by atoms with Gasteiger partial charge in [0.15, 0.2) is 0 Å². The Kier molecular flexibility index (Phi) is 8.82. The molecule has 40 heavy (non-hydrogen) atoms. The second kappa shape index (κ2) is 12.0. The predicted octanol–water partition coefficient (Wildman–Crippen LogP) is 5.73. The quantitative estimate of drug-likeness (QED) is 0.355. The minimum absolute atomic E-state index is 0.0893. The monoisotopic (exact) mass is 564 g/mol. The molecule has 0 spiro atoms. The molecule has 5 nitrogen and oxygen atoms in total. The Labute approximate surface area is 228 Å². The summed E-state index contributed by atoms with van der Waals surface area (Å²) in [5.74, 6) is -0.117. The summed E-state index contributed by atoms with van der Waals surface area (Å²) in [5.41, 5.74) is 5.28. The SMILES string of the molecule is CN1CCC(c2ccc(Cc3ncc(C(F)(F)F)c(CCc4cc(C(F)(F)F)ccc4CC(N)=O)n3)cc2)CC1. The molecule has 2 heterocycles. The molecule has 0 radical (unpaired) electrons. The largest absolute Gasteiger partial charge is 0.419 e. The number of alkyl halides is 6. The van der Waals surface area contributed by atoms with Crippen LogP contribution < -0.4 is 5.73 Å². The Balaban J connectivity index is 1.56. The van der Waals surface area contributed by atoms with E-state index >= 15 is 0 Å². The second-order valence-electron chi connectivity index (χ2n) is 10.3. The highest BCUT2D eigenvalue weighted by Crippen LogP contribution is 2.34. The first-order valence-corrected chi connectivity index (χ1v) is 13.0. The van der Waals surface area contributed by atoms with E-state index in [1.807, 2.05) is 24.3 Å². The van der Waals surface area contributed by atoms with E-state index < -0.39 is 29.4 Å². The molecule has 0 unspecified atom stereocenters. The van der Waals surface area contributed by atoms with E-state index in [1.54, 1.807) is 0 Å². The molecule has 2 aromatic carbocycles. The second-order valence-corrected chi connectivity index (χ2v) is 10.3. The third-order valence-corrected chi connectivity index (χ3v) is 7.28. The van der Waals surface area contributed by atoms with Crippen molar-refractivity contribution < 1.29 is 31.1 Å². The molecule has 0 aliphatic carbocycles. The zero-order valence-electron chi connectivity index (χ0n) is 21.9. The van der Waals surface area contributed by atoms with Crippen LogP contribution in [0.25, 0.3) is 0 Å². The number of rotatable bonds is 8. The van der Waals surface area contributed by atoms with Crippen LogP contribution in [0.1, 0.15) is 63.7 Å². The fourth-order valence-electron chi connectivity index (χ4n) is 5.05. The van der Waals surface area contributed by atoms with Crippen molar-refractivity contribution >= 4 is 5.91 Å². The number of likely N-dealkylation sites (tertiary alicyclic amines) is 1. The van der Waals surface area contributed by atoms with E-state index in [9.17, 15) is 31.1 Å². The molecule has 214 valence electrons. The molecule has 2 N–H and O–H groups in total. The fraction of sp³-hybridized carbons (Fsp3) is 0.414. The molecule has 11 heteroatoms. The first-order valence-electron chi connectivity index (χ1n) is 13.0. The maximum atomic E-state index is 13.8. The molecular formula is C29H30F6N4O. The Morgan fingerprint density at radius 3 is 2.23 bits per heavy atom. The van der Waals surface area contributed by atoms with Crippen molar-refractivity contribution in [1.29, 1.82) is 0 Å². The number of carbonyl (C=O) groups is 1. The third-order valence-electron chi connectivity index (χ3n) is 7.28. The molecule has 1 aromatic heterocycles. The van der Waals surface area contributed by atoms with E-state index in [1.165, 1.54) is 5.56 Å². The van der Waals surface area contributed by atoms with E-state index in [0.717, 1.165) is 55.9 Å². The summed E-state index contributed by atoms with van der Waals surface area (Å²) < 4.78 is 81.1. The molecule has 0 atom stereocenters. The topological polar surface area (TPSA) is 72.1 Å². The molecule has 1 aliphatic rings. The van der Waals surface area contributed by atoms with Crippen LogP contribution in [0.4, 0.5) is 26.3 Å². The van der Waals surface area contributed by atoms with Gasteiger partial charge < -0.3 is 10.6 Å². The summed E-state index contributed by atoms with van der Waals surface area (Å²) >= 11 is 0. The lowest BCUT2D eigenvalue weighted by Gasteiger charge is -2.29. The predicted molar refractivity (Wildman–Crippen MR) is 138 cm³/mol. The standard InChI is InChI=1S/C29H30F6N4O/c1-39-12-10-20(11-13-39)19-4-2-18(3-5-19)14-27-37-17-24(29(33,34)35)25(38-27)9-7-21-15-23(28(30,31)32)8-6-22(21)16-26(36)40/h2-6,8,15,17,20H,7,9-14,16H2,1H3,(H2,36,40). The Morgan fingerprint density at radius 2 is 1.62 bits per heavy atom. The van der Waals surface area contributed by atoms with Crippen molar-refractivity contribution in [2.45, 2.75) is 56.8 Å². The van der Waals surface area contributed by atoms with Gasteiger partial charge in [-0.25, -0.2) is 9.97 Å². The number of nitrogens with zero attached hydrogens (tertiary/aromatic N) is 3. The van der Waals surface area contributed by atoms with Crippen LogP contribution in [-0.2, 0) is 42.8 Å². The van der Waals surface area contributed by atoms with Crippen LogP contribution in [0.15, 0.2) is 48.7 Å². The number of aromatic nitrogens is 2. The van der Waals surface area contributed by atoms with Crippen LogP contribution in [-0.4, -0.2) is 40.9 Å². The first kappa shape index (κ1) is 29.5. The van der Waals surface area contributed by atoms with Crippen molar-refractivity contribution in [1.82, 2.24) is 14.9 Å². The summed E-state index contributed by atoms with van der Waals surface area (Å²) in [6.45, 7) is 2.05. The van der Waals surface area contributed by atoms with Crippen molar-refractivity contribution in [2.24, 2.45) is 5.73 Å². The van der Waals surface area contributed by atoms with Crippen molar-refractivity contribution in [2.75, 3.05) is 20.1 Å². The number of benzene rings is 2. The zero-order valence-corrected chi connectivity index (χ0v) is 21.9. The first-order chi connectivity index (χ1) is 18.8. The molecule has 1 aliphatic heterocycles. The van der Waals surface area contributed by atoms with E-state index in [2.05, 4.69) is 21.9 Å². The van der Waals surface area contributed by atoms with Crippen LogP contribution in [0.2, 0.25) is 0 Å². The molecular weight excluding hydrogens is 534 g/mol. The molecule has 1 saturated heterocycles. The molecule has 0 saturated carbocycles. The number of nitrogens with two attached hydrogens (primary N) is 1. The highest BCUT2D eigenvalue weighted by molar-refractivity contribution is 5.77. The number of hydrogen-bond donors (Lipinski definition) is 1. The van der Waals surface area contributed by atoms with Crippen LogP contribution >= 0.6 is 0 Å². The Hall–Kier alpha value is -3.47. The van der Waals surface area contributed by atoms with Gasteiger partial charge in [-0.15, -0.1) is 0 Å². The number of amides is 1. The zero-order chi connectivity index (χ0) is 29.1. The van der Waals surface area contributed by atoms with E-state index in [-0.39, 0.29) is 48.3 Å². The molecule has 1 fully saturated rings. The average Bonchev–Trinajstić information content (AvgIpc) is 2.87. The van der Waals surface area contributed by atoms with Gasteiger partial charge in [-0.05, 0) is 86.1 Å². The molecule has 0 bridgehead atoms. The van der Waals surface area contributed by atoms with Gasteiger partial charge in [-0.2, -0.15) is 26.3 Å². The van der Waals surface area contributed by atoms with E-state index in [4.69, 9.17) is 5.73 Å². The Morgan fingerprint density at radius 1 is 0.950 bits per heavy atom. The summed E-state index contributed by atoms with van der Waals surface area (Å²) in [6.07, 6.45) is -7.17. The fourth-order valence-corrected chi connectivity index (χ4v) is 5.05. The van der Waals surface area contributed by atoms with Gasteiger partial charge in [0, 0.05) is 12.6 Å². The van der Waals surface area contributed by atoms with Gasteiger partial charge >= 0.3 is 12.4 Å². The maximum Gasteiger partial charge on any atom is 0.419 e. The number of hydrogen-bond acceptors (Lipinski definition) is 4. The number of aryl methyl sites for hydroxylation is 2. The summed E-state index contributed by atoms with van der Waals surface area (Å²) in [7, 11) is 2.09. The van der Waals surface area contributed by atoms with Gasteiger partial charge in [0.05, 0.1) is 23.2 Å². The summed E-state index contributed by atoms with van der Waals surface area (Å²) in [4.78, 5) is 21.8. The number of carbonyl (C=O) groups excluding carboxylic acids is 1. The number of piperidine rings is 1. The molecule has 4 rings (SSSR count). The average molecular weight is 565 g/mol. The number of primary amides is 1.